The Bertz CT molecular complexity index is 1240. The SMILES string of the molecule is CC(O)C(=O)N1CCC(NC(=O)c2cnc3ccc(N4CCCC4c4cccc(F)c4)nn23)CC1. The van der Waals surface area contributed by atoms with E-state index >= 15 is 0 Å². The van der Waals surface area contributed by atoms with E-state index in [1.807, 2.05) is 18.2 Å². The van der Waals surface area contributed by atoms with Crippen molar-refractivity contribution in [2.75, 3.05) is 24.5 Å². The summed E-state index contributed by atoms with van der Waals surface area (Å²) in [6, 6.07) is 10.3. The normalized spacial score (nSPS) is 19.8. The second-order valence-corrected chi connectivity index (χ2v) is 9.26. The van der Waals surface area contributed by atoms with E-state index in [0.717, 1.165) is 24.9 Å². The van der Waals surface area contributed by atoms with Gasteiger partial charge in [0, 0.05) is 25.7 Å². The first kappa shape index (κ1) is 23.2. The Morgan fingerprint density at radius 1 is 1.14 bits per heavy atom. The fourth-order valence-electron chi connectivity index (χ4n) is 5.04. The van der Waals surface area contributed by atoms with Gasteiger partial charge in [0.2, 0.25) is 0 Å². The van der Waals surface area contributed by atoms with E-state index in [1.165, 1.54) is 19.2 Å². The molecule has 2 saturated heterocycles. The summed E-state index contributed by atoms with van der Waals surface area (Å²) in [5.74, 6) is -0.106. The lowest BCUT2D eigenvalue weighted by Crippen LogP contribution is -2.48. The first-order valence-corrected chi connectivity index (χ1v) is 12.1. The zero-order valence-corrected chi connectivity index (χ0v) is 19.6. The molecule has 1 aromatic carbocycles. The number of nitrogens with zero attached hydrogens (tertiary/aromatic N) is 5. The summed E-state index contributed by atoms with van der Waals surface area (Å²) in [4.78, 5) is 33.2. The van der Waals surface area contributed by atoms with Crippen molar-refractivity contribution in [2.45, 2.75) is 50.8 Å². The van der Waals surface area contributed by atoms with Crippen LogP contribution >= 0.6 is 0 Å². The van der Waals surface area contributed by atoms with Gasteiger partial charge in [0.1, 0.15) is 17.7 Å². The van der Waals surface area contributed by atoms with Crippen molar-refractivity contribution in [3.63, 3.8) is 0 Å². The van der Waals surface area contributed by atoms with Crippen LogP contribution in [0.25, 0.3) is 5.65 Å². The van der Waals surface area contributed by atoms with Crippen molar-refractivity contribution in [1.82, 2.24) is 24.8 Å². The molecule has 2 aromatic heterocycles. The number of fused-ring (bicyclic) bond motifs is 1. The van der Waals surface area contributed by atoms with E-state index in [4.69, 9.17) is 5.10 Å². The number of hydrogen-bond acceptors (Lipinski definition) is 6. The minimum Gasteiger partial charge on any atom is -0.384 e. The molecule has 0 radical (unpaired) electrons. The highest BCUT2D eigenvalue weighted by molar-refractivity contribution is 5.93. The van der Waals surface area contributed by atoms with E-state index in [-0.39, 0.29) is 29.7 Å². The van der Waals surface area contributed by atoms with Crippen molar-refractivity contribution >= 4 is 23.3 Å². The van der Waals surface area contributed by atoms with Crippen LogP contribution in [0.3, 0.4) is 0 Å². The van der Waals surface area contributed by atoms with Crippen molar-refractivity contribution in [3.05, 3.63) is 59.7 Å². The maximum absolute atomic E-state index is 13.8. The smallest absolute Gasteiger partial charge is 0.271 e. The van der Waals surface area contributed by atoms with Gasteiger partial charge in [-0.05, 0) is 62.4 Å². The summed E-state index contributed by atoms with van der Waals surface area (Å²) in [5, 5.41) is 17.3. The third-order valence-corrected chi connectivity index (χ3v) is 6.86. The molecule has 0 aliphatic carbocycles. The van der Waals surface area contributed by atoms with Crippen LogP contribution in [0.1, 0.15) is 54.7 Å². The van der Waals surface area contributed by atoms with Crippen LogP contribution in [-0.4, -0.2) is 68.2 Å². The number of carbonyl (C=O) groups is 2. The van der Waals surface area contributed by atoms with Crippen LogP contribution < -0.4 is 10.2 Å². The highest BCUT2D eigenvalue weighted by Crippen LogP contribution is 2.35. The average molecular weight is 481 g/mol. The molecule has 9 nitrogen and oxygen atoms in total. The van der Waals surface area contributed by atoms with E-state index in [2.05, 4.69) is 15.2 Å². The zero-order chi connectivity index (χ0) is 24.5. The van der Waals surface area contributed by atoms with Crippen LogP contribution in [-0.2, 0) is 4.79 Å². The number of hydrogen-bond donors (Lipinski definition) is 2. The van der Waals surface area contributed by atoms with Gasteiger partial charge in [-0.1, -0.05) is 12.1 Å². The lowest BCUT2D eigenvalue weighted by Gasteiger charge is -2.33. The Morgan fingerprint density at radius 3 is 2.69 bits per heavy atom. The van der Waals surface area contributed by atoms with Gasteiger partial charge in [0.05, 0.1) is 12.2 Å². The molecule has 0 bridgehead atoms. The van der Waals surface area contributed by atoms with E-state index in [9.17, 15) is 19.1 Å². The number of carbonyl (C=O) groups excluding carboxylic acids is 2. The fourth-order valence-corrected chi connectivity index (χ4v) is 5.04. The molecular weight excluding hydrogens is 451 g/mol. The predicted molar refractivity (Wildman–Crippen MR) is 127 cm³/mol. The van der Waals surface area contributed by atoms with Crippen molar-refractivity contribution in [2.24, 2.45) is 0 Å². The van der Waals surface area contributed by atoms with Crippen molar-refractivity contribution in [3.8, 4) is 0 Å². The largest absolute Gasteiger partial charge is 0.384 e. The first-order valence-electron chi connectivity index (χ1n) is 12.1. The Balaban J connectivity index is 1.31. The molecule has 10 heteroatoms. The number of amides is 2. The number of halogens is 1. The number of aromatic nitrogens is 3. The fraction of sp³-hybridized carbons (Fsp3) is 0.440. The summed E-state index contributed by atoms with van der Waals surface area (Å²) < 4.78 is 15.4. The molecule has 2 atom stereocenters. The average Bonchev–Trinajstić information content (AvgIpc) is 3.51. The van der Waals surface area contributed by atoms with Gasteiger partial charge in [0.25, 0.3) is 11.8 Å². The molecule has 35 heavy (non-hydrogen) atoms. The minimum atomic E-state index is -1.02. The maximum Gasteiger partial charge on any atom is 0.271 e. The van der Waals surface area contributed by atoms with E-state index < -0.39 is 6.10 Å². The van der Waals surface area contributed by atoms with Gasteiger partial charge in [-0.25, -0.2) is 13.9 Å². The van der Waals surface area contributed by atoms with Crippen molar-refractivity contribution < 1.29 is 19.1 Å². The number of aliphatic hydroxyl groups excluding tert-OH is 1. The summed E-state index contributed by atoms with van der Waals surface area (Å²) in [6.45, 7) is 3.23. The third-order valence-electron chi connectivity index (χ3n) is 6.86. The number of piperidine rings is 1. The standard InChI is InChI=1S/C25H29FN6O3/c1-16(33)25(35)30-12-9-19(10-13-30)28-24(34)21-15-27-22-7-8-23(29-32(21)22)31-11-3-6-20(31)17-4-2-5-18(26)14-17/h2,4-5,7-8,14-16,19-20,33H,3,6,9-13H2,1H3,(H,28,34). The van der Waals surface area contributed by atoms with Crippen LogP contribution in [0.2, 0.25) is 0 Å². The van der Waals surface area contributed by atoms with E-state index in [1.54, 1.807) is 21.5 Å². The molecule has 2 fully saturated rings. The van der Waals surface area contributed by atoms with Crippen LogP contribution in [0.15, 0.2) is 42.6 Å². The highest BCUT2D eigenvalue weighted by atomic mass is 19.1. The Morgan fingerprint density at radius 2 is 1.94 bits per heavy atom. The number of aliphatic hydroxyl groups is 1. The topological polar surface area (TPSA) is 103 Å². The van der Waals surface area contributed by atoms with Gasteiger partial charge in [-0.3, -0.25) is 9.59 Å². The molecule has 2 N–H and O–H groups in total. The maximum atomic E-state index is 13.8. The van der Waals surface area contributed by atoms with Gasteiger partial charge in [0.15, 0.2) is 11.3 Å². The monoisotopic (exact) mass is 480 g/mol. The summed E-state index contributed by atoms with van der Waals surface area (Å²) >= 11 is 0. The molecule has 2 aliphatic heterocycles. The number of anilines is 1. The number of rotatable bonds is 5. The van der Waals surface area contributed by atoms with Crippen LogP contribution in [0, 0.1) is 5.82 Å². The molecule has 184 valence electrons. The molecule has 4 heterocycles. The van der Waals surface area contributed by atoms with Crippen molar-refractivity contribution in [1.29, 1.82) is 0 Å². The molecular formula is C25H29FN6O3. The Labute approximate surface area is 202 Å². The zero-order valence-electron chi connectivity index (χ0n) is 19.6. The first-order chi connectivity index (χ1) is 16.9. The second kappa shape index (κ2) is 9.61. The molecule has 0 saturated carbocycles. The van der Waals surface area contributed by atoms with E-state index in [0.29, 0.717) is 43.1 Å². The molecule has 2 unspecified atom stereocenters. The highest BCUT2D eigenvalue weighted by Gasteiger charge is 2.29. The molecule has 3 aromatic rings. The minimum absolute atomic E-state index is 0.0194. The van der Waals surface area contributed by atoms with Crippen LogP contribution in [0.4, 0.5) is 10.2 Å². The molecule has 2 amide bonds. The quantitative estimate of drug-likeness (QED) is 0.581. The van der Waals surface area contributed by atoms with Gasteiger partial charge in [-0.15, -0.1) is 5.10 Å². The number of nitrogens with one attached hydrogen (secondary N) is 1. The van der Waals surface area contributed by atoms with Gasteiger partial charge < -0.3 is 20.2 Å². The number of benzene rings is 1. The Hall–Kier alpha value is -3.53. The van der Waals surface area contributed by atoms with Gasteiger partial charge in [-0.2, -0.15) is 0 Å². The second-order valence-electron chi connectivity index (χ2n) is 9.26. The lowest BCUT2D eigenvalue weighted by molar-refractivity contribution is -0.140. The molecule has 2 aliphatic rings. The number of likely N-dealkylation sites (tertiary alicyclic amines) is 1. The third kappa shape index (κ3) is 4.70. The van der Waals surface area contributed by atoms with Crippen LogP contribution in [0.5, 0.6) is 0 Å². The lowest BCUT2D eigenvalue weighted by atomic mass is 10.0. The summed E-state index contributed by atoms with van der Waals surface area (Å²) in [6.07, 6.45) is 3.59. The predicted octanol–water partition coefficient (Wildman–Crippen LogP) is 2.31. The summed E-state index contributed by atoms with van der Waals surface area (Å²) in [7, 11) is 0. The van der Waals surface area contributed by atoms with Gasteiger partial charge >= 0.3 is 0 Å². The molecule has 0 spiro atoms. The molecule has 5 rings (SSSR count). The summed E-state index contributed by atoms with van der Waals surface area (Å²) in [5.41, 5.74) is 1.82. The Kier molecular flexibility index (Phi) is 6.38. The number of imidazole rings is 1.